The highest BCUT2D eigenvalue weighted by atomic mass is 79.9. The molecule has 2 aromatic rings. The van der Waals surface area contributed by atoms with Gasteiger partial charge in [-0.3, -0.25) is 9.59 Å². The number of hydrogen-bond donors (Lipinski definition) is 1. The average molecular weight is 319 g/mol. The monoisotopic (exact) mass is 318 g/mol. The smallest absolute Gasteiger partial charge is 0.258 e. The summed E-state index contributed by atoms with van der Waals surface area (Å²) in [6.07, 6.45) is 1.59. The SMILES string of the molecule is CC(=O)c1cccc(NC(=O)c2cccnc2Br)c1. The van der Waals surface area contributed by atoms with E-state index in [1.54, 1.807) is 42.6 Å². The highest BCUT2D eigenvalue weighted by molar-refractivity contribution is 9.10. The summed E-state index contributed by atoms with van der Waals surface area (Å²) in [6, 6.07) is 10.2. The van der Waals surface area contributed by atoms with E-state index in [4.69, 9.17) is 0 Å². The van der Waals surface area contributed by atoms with E-state index in [-0.39, 0.29) is 11.7 Å². The first kappa shape index (κ1) is 13.4. The zero-order valence-corrected chi connectivity index (χ0v) is 11.8. The number of hydrogen-bond acceptors (Lipinski definition) is 3. The van der Waals surface area contributed by atoms with Crippen molar-refractivity contribution in [1.82, 2.24) is 4.98 Å². The van der Waals surface area contributed by atoms with Crippen molar-refractivity contribution in [3.8, 4) is 0 Å². The second-order valence-corrected chi connectivity index (χ2v) is 4.68. The van der Waals surface area contributed by atoms with Gasteiger partial charge in [0.25, 0.3) is 5.91 Å². The molecule has 0 saturated heterocycles. The summed E-state index contributed by atoms with van der Waals surface area (Å²) in [6.45, 7) is 1.48. The minimum Gasteiger partial charge on any atom is -0.322 e. The standard InChI is InChI=1S/C14H11BrN2O2/c1-9(18)10-4-2-5-11(8-10)17-14(19)12-6-3-7-16-13(12)15/h2-8H,1H3,(H,17,19). The van der Waals surface area contributed by atoms with Crippen LogP contribution in [0, 0.1) is 0 Å². The van der Waals surface area contributed by atoms with E-state index >= 15 is 0 Å². The maximum atomic E-state index is 12.1. The number of carbonyl (C=O) groups is 2. The van der Waals surface area contributed by atoms with Crippen molar-refractivity contribution in [3.63, 3.8) is 0 Å². The fraction of sp³-hybridized carbons (Fsp3) is 0.0714. The summed E-state index contributed by atoms with van der Waals surface area (Å²) >= 11 is 3.22. The van der Waals surface area contributed by atoms with Crippen LogP contribution in [-0.2, 0) is 0 Å². The first-order chi connectivity index (χ1) is 9.08. The average Bonchev–Trinajstić information content (AvgIpc) is 2.39. The summed E-state index contributed by atoms with van der Waals surface area (Å²) in [4.78, 5) is 27.3. The molecular weight excluding hydrogens is 308 g/mol. The number of anilines is 1. The Balaban J connectivity index is 2.22. The molecule has 1 amide bonds. The van der Waals surface area contributed by atoms with E-state index in [2.05, 4.69) is 26.2 Å². The molecule has 0 spiro atoms. The Bertz CT molecular complexity index is 641. The van der Waals surface area contributed by atoms with Crippen molar-refractivity contribution in [2.45, 2.75) is 6.92 Å². The first-order valence-corrected chi connectivity index (χ1v) is 6.40. The Morgan fingerprint density at radius 2 is 2.00 bits per heavy atom. The van der Waals surface area contributed by atoms with Crippen LogP contribution in [0.4, 0.5) is 5.69 Å². The third kappa shape index (κ3) is 3.26. The van der Waals surface area contributed by atoms with Crippen LogP contribution in [-0.4, -0.2) is 16.7 Å². The maximum absolute atomic E-state index is 12.1. The van der Waals surface area contributed by atoms with Gasteiger partial charge in [0.15, 0.2) is 5.78 Å². The van der Waals surface area contributed by atoms with E-state index < -0.39 is 0 Å². The Hall–Kier alpha value is -2.01. The molecule has 0 aliphatic heterocycles. The number of nitrogens with one attached hydrogen (secondary N) is 1. The third-order valence-electron chi connectivity index (χ3n) is 2.53. The molecule has 19 heavy (non-hydrogen) atoms. The van der Waals surface area contributed by atoms with Gasteiger partial charge < -0.3 is 5.32 Å². The Morgan fingerprint density at radius 1 is 1.21 bits per heavy atom. The van der Waals surface area contributed by atoms with Gasteiger partial charge in [-0.1, -0.05) is 12.1 Å². The van der Waals surface area contributed by atoms with Gasteiger partial charge in [0.1, 0.15) is 4.60 Å². The molecule has 0 aliphatic rings. The quantitative estimate of drug-likeness (QED) is 0.697. The molecule has 1 N–H and O–H groups in total. The number of Topliss-reactive ketones (excluding diaryl/α,β-unsaturated/α-hetero) is 1. The molecule has 1 aromatic carbocycles. The van der Waals surface area contributed by atoms with Gasteiger partial charge in [0.2, 0.25) is 0 Å². The van der Waals surface area contributed by atoms with E-state index in [0.717, 1.165) is 0 Å². The summed E-state index contributed by atoms with van der Waals surface area (Å²) in [7, 11) is 0. The Labute approximate surface area is 119 Å². The molecule has 0 radical (unpaired) electrons. The second-order valence-electron chi connectivity index (χ2n) is 3.93. The lowest BCUT2D eigenvalue weighted by Crippen LogP contribution is -2.13. The topological polar surface area (TPSA) is 59.1 Å². The Morgan fingerprint density at radius 3 is 2.68 bits per heavy atom. The number of rotatable bonds is 3. The number of carbonyl (C=O) groups excluding carboxylic acids is 2. The lowest BCUT2D eigenvalue weighted by molar-refractivity contribution is 0.101. The summed E-state index contributed by atoms with van der Waals surface area (Å²) < 4.78 is 0.482. The summed E-state index contributed by atoms with van der Waals surface area (Å²) in [5, 5.41) is 2.73. The molecule has 0 bridgehead atoms. The second kappa shape index (κ2) is 5.75. The van der Waals surface area contributed by atoms with Crippen molar-refractivity contribution in [2.24, 2.45) is 0 Å². The summed E-state index contributed by atoms with van der Waals surface area (Å²) in [5.74, 6) is -0.320. The zero-order chi connectivity index (χ0) is 13.8. The number of nitrogens with zero attached hydrogens (tertiary/aromatic N) is 1. The Kier molecular flexibility index (Phi) is 4.06. The van der Waals surface area contributed by atoms with Crippen molar-refractivity contribution < 1.29 is 9.59 Å². The van der Waals surface area contributed by atoms with Crippen LogP contribution in [0.1, 0.15) is 27.6 Å². The minimum absolute atomic E-state index is 0.0429. The van der Waals surface area contributed by atoms with E-state index in [1.165, 1.54) is 6.92 Å². The maximum Gasteiger partial charge on any atom is 0.258 e. The highest BCUT2D eigenvalue weighted by Crippen LogP contribution is 2.16. The molecule has 2 rings (SSSR count). The molecule has 0 unspecified atom stereocenters. The fourth-order valence-corrected chi connectivity index (χ4v) is 2.00. The number of pyridine rings is 1. The van der Waals surface area contributed by atoms with Gasteiger partial charge in [-0.25, -0.2) is 4.98 Å². The van der Waals surface area contributed by atoms with Crippen molar-refractivity contribution in [1.29, 1.82) is 0 Å². The molecule has 1 heterocycles. The van der Waals surface area contributed by atoms with Crippen molar-refractivity contribution in [3.05, 3.63) is 58.3 Å². The van der Waals surface area contributed by atoms with Gasteiger partial charge in [0.05, 0.1) is 5.56 Å². The molecule has 4 nitrogen and oxygen atoms in total. The molecule has 5 heteroatoms. The normalized spacial score (nSPS) is 10.0. The molecular formula is C14H11BrN2O2. The number of amides is 1. The van der Waals surface area contributed by atoms with Gasteiger partial charge in [-0.05, 0) is 47.1 Å². The van der Waals surface area contributed by atoms with Gasteiger partial charge in [-0.15, -0.1) is 0 Å². The molecule has 0 aliphatic carbocycles. The summed E-state index contributed by atoms with van der Waals surface area (Å²) in [5.41, 5.74) is 1.58. The zero-order valence-electron chi connectivity index (χ0n) is 10.2. The van der Waals surface area contributed by atoms with Gasteiger partial charge in [-0.2, -0.15) is 0 Å². The van der Waals surface area contributed by atoms with Crippen molar-refractivity contribution >= 4 is 33.3 Å². The lowest BCUT2D eigenvalue weighted by Gasteiger charge is -2.07. The van der Waals surface area contributed by atoms with E-state index in [0.29, 0.717) is 21.4 Å². The molecule has 0 atom stereocenters. The predicted molar refractivity (Wildman–Crippen MR) is 76.3 cm³/mol. The lowest BCUT2D eigenvalue weighted by atomic mass is 10.1. The van der Waals surface area contributed by atoms with E-state index in [9.17, 15) is 9.59 Å². The van der Waals surface area contributed by atoms with E-state index in [1.807, 2.05) is 0 Å². The number of benzene rings is 1. The minimum atomic E-state index is -0.277. The first-order valence-electron chi connectivity index (χ1n) is 5.61. The fourth-order valence-electron chi connectivity index (χ4n) is 1.57. The van der Waals surface area contributed by atoms with Crippen molar-refractivity contribution in [2.75, 3.05) is 5.32 Å². The van der Waals surface area contributed by atoms with Crippen LogP contribution in [0.3, 0.4) is 0 Å². The van der Waals surface area contributed by atoms with Crippen LogP contribution < -0.4 is 5.32 Å². The number of halogens is 1. The van der Waals surface area contributed by atoms with Crippen LogP contribution in [0.15, 0.2) is 47.2 Å². The molecule has 96 valence electrons. The third-order valence-corrected chi connectivity index (χ3v) is 3.16. The molecule has 1 aromatic heterocycles. The number of ketones is 1. The van der Waals surface area contributed by atoms with Crippen LogP contribution >= 0.6 is 15.9 Å². The highest BCUT2D eigenvalue weighted by Gasteiger charge is 2.11. The molecule has 0 saturated carbocycles. The van der Waals surface area contributed by atoms with Crippen LogP contribution in [0.2, 0.25) is 0 Å². The van der Waals surface area contributed by atoms with Gasteiger partial charge in [0, 0.05) is 17.4 Å². The number of aromatic nitrogens is 1. The largest absolute Gasteiger partial charge is 0.322 e. The molecule has 0 fully saturated rings. The predicted octanol–water partition coefficient (Wildman–Crippen LogP) is 3.30. The van der Waals surface area contributed by atoms with Gasteiger partial charge >= 0.3 is 0 Å². The van der Waals surface area contributed by atoms with Crippen LogP contribution in [0.5, 0.6) is 0 Å². The van der Waals surface area contributed by atoms with Crippen LogP contribution in [0.25, 0.3) is 0 Å².